The Morgan fingerprint density at radius 1 is 1.16 bits per heavy atom. The molecular formula is C25H34N4O3. The molecule has 7 heteroatoms. The van der Waals surface area contributed by atoms with E-state index in [0.29, 0.717) is 32.2 Å². The zero-order chi connectivity index (χ0) is 22.6. The first kappa shape index (κ1) is 22.4. The zero-order valence-corrected chi connectivity index (χ0v) is 19.2. The lowest BCUT2D eigenvalue weighted by Crippen LogP contribution is -2.44. The van der Waals surface area contributed by atoms with Crippen molar-refractivity contribution in [2.45, 2.75) is 76.3 Å². The second kappa shape index (κ2) is 9.76. The highest BCUT2D eigenvalue weighted by Crippen LogP contribution is 2.30. The van der Waals surface area contributed by atoms with E-state index in [9.17, 15) is 9.59 Å². The van der Waals surface area contributed by atoms with Gasteiger partial charge in [-0.25, -0.2) is 0 Å². The van der Waals surface area contributed by atoms with Crippen molar-refractivity contribution in [1.82, 2.24) is 20.4 Å². The van der Waals surface area contributed by atoms with Crippen molar-refractivity contribution in [1.29, 1.82) is 0 Å². The molecule has 2 amide bonds. The van der Waals surface area contributed by atoms with Crippen molar-refractivity contribution in [3.8, 4) is 5.75 Å². The molecule has 32 heavy (non-hydrogen) atoms. The number of fused-ring (bicyclic) bond motifs is 1. The van der Waals surface area contributed by atoms with Crippen LogP contribution in [0, 0.1) is 0 Å². The van der Waals surface area contributed by atoms with Crippen LogP contribution in [0.5, 0.6) is 5.75 Å². The van der Waals surface area contributed by atoms with E-state index >= 15 is 0 Å². The number of nitrogens with one attached hydrogen (secondary N) is 2. The van der Waals surface area contributed by atoms with E-state index in [2.05, 4.69) is 15.5 Å². The molecule has 0 spiro atoms. The highest BCUT2D eigenvalue weighted by atomic mass is 16.5. The van der Waals surface area contributed by atoms with Gasteiger partial charge in [0.05, 0.1) is 19.3 Å². The molecule has 1 aromatic carbocycles. The number of H-pyrrole nitrogens is 1. The number of carbonyl (C=O) groups excluding carboxylic acids is 2. The largest absolute Gasteiger partial charge is 0.497 e. The van der Waals surface area contributed by atoms with Crippen molar-refractivity contribution >= 4 is 11.8 Å². The molecular weight excluding hydrogens is 404 g/mol. The molecule has 2 N–H and O–H groups in total. The first-order valence-electron chi connectivity index (χ1n) is 11.7. The minimum Gasteiger partial charge on any atom is -0.497 e. The Morgan fingerprint density at radius 2 is 1.94 bits per heavy atom. The minimum absolute atomic E-state index is 0.0681. The monoisotopic (exact) mass is 438 g/mol. The predicted octanol–water partition coefficient (Wildman–Crippen LogP) is 3.32. The Kier molecular flexibility index (Phi) is 6.82. The van der Waals surface area contributed by atoms with Crippen LogP contribution in [-0.2, 0) is 35.4 Å². The number of hydrogen-bond donors (Lipinski definition) is 2. The Hall–Kier alpha value is -2.83. The average Bonchev–Trinajstić information content (AvgIpc) is 3.26. The van der Waals surface area contributed by atoms with Crippen LogP contribution in [0.1, 0.15) is 67.5 Å². The molecule has 1 fully saturated rings. The fourth-order valence-corrected chi connectivity index (χ4v) is 5.02. The lowest BCUT2D eigenvalue weighted by molar-refractivity contribution is -0.131. The number of hydrogen-bond acceptors (Lipinski definition) is 4. The van der Waals surface area contributed by atoms with Crippen molar-refractivity contribution in [2.24, 2.45) is 0 Å². The summed E-state index contributed by atoms with van der Waals surface area (Å²) in [6.07, 6.45) is 8.74. The average molecular weight is 439 g/mol. The number of methoxy groups -OCH3 is 1. The van der Waals surface area contributed by atoms with Gasteiger partial charge in [-0.1, -0.05) is 18.6 Å². The van der Waals surface area contributed by atoms with Crippen LogP contribution >= 0.6 is 0 Å². The lowest BCUT2D eigenvalue weighted by Gasteiger charge is -2.30. The van der Waals surface area contributed by atoms with Gasteiger partial charge in [0.2, 0.25) is 11.8 Å². The van der Waals surface area contributed by atoms with E-state index in [0.717, 1.165) is 36.3 Å². The number of amides is 2. The number of carbonyl (C=O) groups is 2. The van der Waals surface area contributed by atoms with Gasteiger partial charge in [0.15, 0.2) is 0 Å². The summed E-state index contributed by atoms with van der Waals surface area (Å²) in [5.74, 6) is 0.968. The maximum absolute atomic E-state index is 13.0. The predicted molar refractivity (Wildman–Crippen MR) is 122 cm³/mol. The van der Waals surface area contributed by atoms with Crippen LogP contribution in [-0.4, -0.2) is 46.6 Å². The molecule has 1 atom stereocenters. The molecule has 1 saturated heterocycles. The van der Waals surface area contributed by atoms with Crippen LogP contribution in [0.15, 0.2) is 24.3 Å². The van der Waals surface area contributed by atoms with Crippen molar-refractivity contribution in [2.75, 3.05) is 14.2 Å². The Labute approximate surface area is 189 Å². The van der Waals surface area contributed by atoms with E-state index in [1.807, 2.05) is 31.3 Å². The van der Waals surface area contributed by atoms with E-state index < -0.39 is 0 Å². The molecule has 0 bridgehead atoms. The summed E-state index contributed by atoms with van der Waals surface area (Å²) in [5.41, 5.74) is 4.31. The molecule has 0 radical (unpaired) electrons. The Bertz CT molecular complexity index is 953. The summed E-state index contributed by atoms with van der Waals surface area (Å²) in [7, 11) is 3.50. The highest BCUT2D eigenvalue weighted by Gasteiger charge is 2.38. The minimum atomic E-state index is -0.369. The summed E-state index contributed by atoms with van der Waals surface area (Å²) >= 11 is 0. The van der Waals surface area contributed by atoms with E-state index in [1.165, 1.54) is 30.5 Å². The first-order chi connectivity index (χ1) is 15.5. The molecule has 4 rings (SSSR count). The fraction of sp³-hybridized carbons (Fsp3) is 0.560. The van der Waals surface area contributed by atoms with Gasteiger partial charge in [0.25, 0.3) is 0 Å². The maximum atomic E-state index is 13.0. The SMILES string of the molecule is COc1ccc(C[C@]2(CCC(=O)N(C)Cc3n[nH]c4c3CCCCC4)CCC(=O)N2)cc1. The molecule has 1 aromatic heterocycles. The molecule has 1 aliphatic carbocycles. The van der Waals surface area contributed by atoms with E-state index in [4.69, 9.17) is 4.74 Å². The van der Waals surface area contributed by atoms with Crippen molar-refractivity contribution in [3.05, 3.63) is 46.8 Å². The number of benzene rings is 1. The summed E-state index contributed by atoms with van der Waals surface area (Å²) in [4.78, 5) is 26.8. The number of nitrogens with zero attached hydrogens (tertiary/aromatic N) is 2. The van der Waals surface area contributed by atoms with Crippen LogP contribution in [0.4, 0.5) is 0 Å². The van der Waals surface area contributed by atoms with Crippen LogP contribution in [0.3, 0.4) is 0 Å². The van der Waals surface area contributed by atoms with Gasteiger partial charge >= 0.3 is 0 Å². The van der Waals surface area contributed by atoms with E-state index in [1.54, 1.807) is 12.0 Å². The number of aromatic nitrogens is 2. The van der Waals surface area contributed by atoms with Crippen LogP contribution in [0.2, 0.25) is 0 Å². The number of rotatable bonds is 8. The van der Waals surface area contributed by atoms with Gasteiger partial charge in [0, 0.05) is 31.1 Å². The zero-order valence-electron chi connectivity index (χ0n) is 19.2. The third-order valence-electron chi connectivity index (χ3n) is 6.96. The van der Waals surface area contributed by atoms with Gasteiger partial charge in [-0.15, -0.1) is 0 Å². The van der Waals surface area contributed by atoms with Crippen molar-refractivity contribution < 1.29 is 14.3 Å². The molecule has 2 heterocycles. The second-order valence-electron chi connectivity index (χ2n) is 9.29. The summed E-state index contributed by atoms with van der Waals surface area (Å²) in [5, 5.41) is 10.9. The third-order valence-corrected chi connectivity index (χ3v) is 6.96. The van der Waals surface area contributed by atoms with Crippen LogP contribution in [0.25, 0.3) is 0 Å². The third kappa shape index (κ3) is 5.14. The van der Waals surface area contributed by atoms with Gasteiger partial charge in [-0.2, -0.15) is 5.10 Å². The molecule has 2 aromatic rings. The van der Waals surface area contributed by atoms with Gasteiger partial charge in [-0.05, 0) is 68.2 Å². The number of ether oxygens (including phenoxy) is 1. The molecule has 1 aliphatic heterocycles. The molecule has 172 valence electrons. The van der Waals surface area contributed by atoms with Crippen molar-refractivity contribution in [3.63, 3.8) is 0 Å². The number of aryl methyl sites for hydroxylation is 1. The Morgan fingerprint density at radius 3 is 2.66 bits per heavy atom. The number of aromatic amines is 1. The highest BCUT2D eigenvalue weighted by molar-refractivity contribution is 5.80. The lowest BCUT2D eigenvalue weighted by atomic mass is 9.85. The fourth-order valence-electron chi connectivity index (χ4n) is 5.02. The smallest absolute Gasteiger partial charge is 0.222 e. The van der Waals surface area contributed by atoms with Crippen LogP contribution < -0.4 is 10.1 Å². The molecule has 0 unspecified atom stereocenters. The van der Waals surface area contributed by atoms with Gasteiger partial charge in [0.1, 0.15) is 5.75 Å². The standard InChI is InChI=1S/C25H34N4O3/c1-29(17-22-20-6-4-3-5-7-21(20)27-28-22)24(31)13-15-25(14-12-23(30)26-25)16-18-8-10-19(32-2)11-9-18/h8-11H,3-7,12-17H2,1-2H3,(H,26,30)(H,27,28)/t25-/m1/s1. The second-order valence-corrected chi connectivity index (χ2v) is 9.29. The summed E-state index contributed by atoms with van der Waals surface area (Å²) in [6.45, 7) is 0.530. The quantitative estimate of drug-likeness (QED) is 0.619. The van der Waals surface area contributed by atoms with Gasteiger partial charge < -0.3 is 15.0 Å². The topological polar surface area (TPSA) is 87.3 Å². The van der Waals surface area contributed by atoms with Gasteiger partial charge in [-0.3, -0.25) is 14.7 Å². The first-order valence-corrected chi connectivity index (χ1v) is 11.7. The summed E-state index contributed by atoms with van der Waals surface area (Å²) in [6, 6.07) is 7.93. The molecule has 0 saturated carbocycles. The van der Waals surface area contributed by atoms with E-state index in [-0.39, 0.29) is 17.4 Å². The summed E-state index contributed by atoms with van der Waals surface area (Å²) < 4.78 is 5.24. The molecule has 2 aliphatic rings. The molecule has 7 nitrogen and oxygen atoms in total. The maximum Gasteiger partial charge on any atom is 0.222 e. The Balaban J connectivity index is 1.38. The normalized spacial score (nSPS) is 20.4.